The van der Waals surface area contributed by atoms with Gasteiger partial charge in [-0.05, 0) is 31.0 Å². The van der Waals surface area contributed by atoms with Gasteiger partial charge in [0.05, 0.1) is 0 Å². The predicted molar refractivity (Wildman–Crippen MR) is 66.4 cm³/mol. The van der Waals surface area contributed by atoms with Crippen molar-refractivity contribution in [1.82, 2.24) is 14.8 Å². The Labute approximate surface area is 107 Å². The van der Waals surface area contributed by atoms with Crippen LogP contribution in [-0.4, -0.2) is 14.8 Å². The van der Waals surface area contributed by atoms with Crippen LogP contribution < -0.4 is 0 Å². The minimum atomic E-state index is 0.572. The highest BCUT2D eigenvalue weighted by Gasteiger charge is 2.26. The van der Waals surface area contributed by atoms with E-state index < -0.39 is 0 Å². The van der Waals surface area contributed by atoms with E-state index >= 15 is 0 Å². The lowest BCUT2D eigenvalue weighted by atomic mass is 10.2. The van der Waals surface area contributed by atoms with Crippen LogP contribution in [0.25, 0.3) is 11.4 Å². The maximum Gasteiger partial charge on any atom is 0.164 e. The molecule has 0 N–H and O–H groups in total. The largest absolute Gasteiger partial charge is 0.310 e. The van der Waals surface area contributed by atoms with E-state index in [4.69, 9.17) is 11.6 Å². The van der Waals surface area contributed by atoms with E-state index in [-0.39, 0.29) is 0 Å². The number of hydrogen-bond donors (Lipinski definition) is 0. The number of hydrogen-bond acceptors (Lipinski definition) is 2. The molecule has 1 aliphatic rings. The van der Waals surface area contributed by atoms with Gasteiger partial charge in [0.25, 0.3) is 0 Å². The quantitative estimate of drug-likeness (QED) is 0.846. The molecule has 5 heteroatoms. The highest BCUT2D eigenvalue weighted by molar-refractivity contribution is 9.10. The summed E-state index contributed by atoms with van der Waals surface area (Å²) < 4.78 is 3.08. The summed E-state index contributed by atoms with van der Waals surface area (Å²) in [4.78, 5) is 0. The molecule has 0 saturated heterocycles. The average Bonchev–Trinajstić information content (AvgIpc) is 2.94. The van der Waals surface area contributed by atoms with Crippen LogP contribution in [0, 0.1) is 0 Å². The molecule has 0 bridgehead atoms. The highest BCUT2D eigenvalue weighted by atomic mass is 79.9. The van der Waals surface area contributed by atoms with Crippen molar-refractivity contribution in [3.8, 4) is 11.4 Å². The second-order valence-electron chi connectivity index (χ2n) is 3.95. The van der Waals surface area contributed by atoms with E-state index in [1.54, 1.807) is 6.33 Å². The Morgan fingerprint density at radius 2 is 2.12 bits per heavy atom. The van der Waals surface area contributed by atoms with Crippen molar-refractivity contribution in [3.05, 3.63) is 34.0 Å². The van der Waals surface area contributed by atoms with Crippen molar-refractivity contribution in [3.63, 3.8) is 0 Å². The molecule has 82 valence electrons. The molecule has 0 spiro atoms. The topological polar surface area (TPSA) is 30.7 Å². The Balaban J connectivity index is 2.10. The van der Waals surface area contributed by atoms with Crippen LogP contribution in [-0.2, 0) is 0 Å². The number of halogens is 2. The molecule has 1 aliphatic carbocycles. The van der Waals surface area contributed by atoms with E-state index in [0.717, 1.165) is 15.9 Å². The lowest BCUT2D eigenvalue weighted by Crippen LogP contribution is -1.95. The normalized spacial score (nSPS) is 15.4. The zero-order valence-corrected chi connectivity index (χ0v) is 10.7. The molecule has 3 rings (SSSR count). The van der Waals surface area contributed by atoms with E-state index in [1.807, 2.05) is 18.2 Å². The fourth-order valence-corrected chi connectivity index (χ4v) is 2.61. The predicted octanol–water partition coefficient (Wildman–Crippen LogP) is 3.70. The molecule has 0 amide bonds. The molecule has 0 unspecified atom stereocenters. The lowest BCUT2D eigenvalue weighted by Gasteiger charge is -2.05. The summed E-state index contributed by atoms with van der Waals surface area (Å²) in [6.45, 7) is 0. The Bertz CT molecular complexity index is 514. The van der Waals surface area contributed by atoms with Crippen molar-refractivity contribution >= 4 is 27.5 Å². The number of rotatable bonds is 2. The van der Waals surface area contributed by atoms with Gasteiger partial charge in [0, 0.05) is 21.1 Å². The lowest BCUT2D eigenvalue weighted by molar-refractivity contribution is 0.746. The standard InChI is InChI=1S/C11H9BrClN3/c12-8-3-7(4-9(13)5-8)11-15-14-6-16(11)10-1-2-10/h3-6,10H,1-2H2. The monoisotopic (exact) mass is 297 g/mol. The van der Waals surface area contributed by atoms with Crippen molar-refractivity contribution in [2.45, 2.75) is 18.9 Å². The van der Waals surface area contributed by atoms with Gasteiger partial charge < -0.3 is 4.57 Å². The Morgan fingerprint density at radius 1 is 1.31 bits per heavy atom. The minimum absolute atomic E-state index is 0.572. The first-order valence-corrected chi connectivity index (χ1v) is 6.27. The number of aromatic nitrogens is 3. The van der Waals surface area contributed by atoms with E-state index in [0.29, 0.717) is 11.1 Å². The molecule has 2 aromatic rings. The molecule has 0 atom stereocenters. The Hall–Kier alpha value is -0.870. The smallest absolute Gasteiger partial charge is 0.164 e. The van der Waals surface area contributed by atoms with Crippen molar-refractivity contribution in [2.24, 2.45) is 0 Å². The zero-order valence-electron chi connectivity index (χ0n) is 8.40. The van der Waals surface area contributed by atoms with Gasteiger partial charge in [-0.25, -0.2) is 0 Å². The van der Waals surface area contributed by atoms with E-state index in [1.165, 1.54) is 12.8 Å². The Kier molecular flexibility index (Phi) is 2.48. The summed E-state index contributed by atoms with van der Waals surface area (Å²) in [5.74, 6) is 0.894. The van der Waals surface area contributed by atoms with Crippen LogP contribution in [0.1, 0.15) is 18.9 Å². The van der Waals surface area contributed by atoms with Gasteiger partial charge in [-0.15, -0.1) is 10.2 Å². The number of benzene rings is 1. The molecule has 16 heavy (non-hydrogen) atoms. The maximum absolute atomic E-state index is 6.03. The van der Waals surface area contributed by atoms with Crippen LogP contribution in [0.15, 0.2) is 29.0 Å². The summed E-state index contributed by atoms with van der Waals surface area (Å²) in [6, 6.07) is 6.36. The fourth-order valence-electron chi connectivity index (χ4n) is 1.75. The first-order chi connectivity index (χ1) is 7.74. The van der Waals surface area contributed by atoms with Gasteiger partial charge in [-0.1, -0.05) is 27.5 Å². The molecule has 0 radical (unpaired) electrons. The summed E-state index contributed by atoms with van der Waals surface area (Å²) in [5.41, 5.74) is 1.00. The molecule has 1 fully saturated rings. The summed E-state index contributed by atoms with van der Waals surface area (Å²) in [6.07, 6.45) is 4.22. The van der Waals surface area contributed by atoms with Crippen molar-refractivity contribution in [1.29, 1.82) is 0 Å². The van der Waals surface area contributed by atoms with Crippen molar-refractivity contribution in [2.75, 3.05) is 0 Å². The molecule has 3 nitrogen and oxygen atoms in total. The average molecular weight is 299 g/mol. The summed E-state index contributed by atoms with van der Waals surface area (Å²) in [7, 11) is 0. The second kappa shape index (κ2) is 3.86. The molecule has 0 aliphatic heterocycles. The van der Waals surface area contributed by atoms with Gasteiger partial charge >= 0.3 is 0 Å². The molecular weight excluding hydrogens is 289 g/mol. The second-order valence-corrected chi connectivity index (χ2v) is 5.30. The van der Waals surface area contributed by atoms with Gasteiger partial charge in [0.15, 0.2) is 5.82 Å². The van der Waals surface area contributed by atoms with E-state index in [2.05, 4.69) is 30.7 Å². The third-order valence-electron chi connectivity index (χ3n) is 2.63. The number of nitrogens with zero attached hydrogens (tertiary/aromatic N) is 3. The SMILES string of the molecule is Clc1cc(Br)cc(-c2nncn2C2CC2)c1. The minimum Gasteiger partial charge on any atom is -0.310 e. The van der Waals surface area contributed by atoms with Crippen LogP contribution in [0.3, 0.4) is 0 Å². The van der Waals surface area contributed by atoms with E-state index in [9.17, 15) is 0 Å². The van der Waals surface area contributed by atoms with Gasteiger partial charge in [-0.2, -0.15) is 0 Å². The molecule has 1 saturated carbocycles. The van der Waals surface area contributed by atoms with Crippen LogP contribution in [0.2, 0.25) is 5.02 Å². The maximum atomic E-state index is 6.03. The first-order valence-electron chi connectivity index (χ1n) is 5.10. The zero-order chi connectivity index (χ0) is 11.1. The molecule has 1 heterocycles. The molecule has 1 aromatic heterocycles. The fraction of sp³-hybridized carbons (Fsp3) is 0.273. The summed E-state index contributed by atoms with van der Waals surface area (Å²) >= 11 is 9.46. The first kappa shape index (κ1) is 10.3. The van der Waals surface area contributed by atoms with Gasteiger partial charge in [-0.3, -0.25) is 0 Å². The van der Waals surface area contributed by atoms with Crippen LogP contribution >= 0.6 is 27.5 Å². The van der Waals surface area contributed by atoms with Crippen LogP contribution in [0.5, 0.6) is 0 Å². The van der Waals surface area contributed by atoms with Gasteiger partial charge in [0.2, 0.25) is 0 Å². The molecular formula is C11H9BrClN3. The van der Waals surface area contributed by atoms with Crippen molar-refractivity contribution < 1.29 is 0 Å². The van der Waals surface area contributed by atoms with Crippen LogP contribution in [0.4, 0.5) is 0 Å². The highest BCUT2D eigenvalue weighted by Crippen LogP contribution is 2.38. The Morgan fingerprint density at radius 3 is 2.81 bits per heavy atom. The van der Waals surface area contributed by atoms with Gasteiger partial charge in [0.1, 0.15) is 6.33 Å². The molecule has 1 aromatic carbocycles. The third-order valence-corrected chi connectivity index (χ3v) is 3.31. The third kappa shape index (κ3) is 1.87. The summed E-state index contributed by atoms with van der Waals surface area (Å²) in [5, 5.41) is 8.84.